The Balaban J connectivity index is 1.68. The van der Waals surface area contributed by atoms with Crippen molar-refractivity contribution in [2.45, 2.75) is 19.3 Å². The third kappa shape index (κ3) is 4.03. The summed E-state index contributed by atoms with van der Waals surface area (Å²) in [6.07, 6.45) is 2.71. The molecule has 0 unspecified atom stereocenters. The van der Waals surface area contributed by atoms with Gasteiger partial charge in [0.2, 0.25) is 0 Å². The maximum atomic E-state index is 13.4. The molecule has 100 valence electrons. The van der Waals surface area contributed by atoms with Gasteiger partial charge in [0.25, 0.3) is 0 Å². The smallest absolute Gasteiger partial charge is 0.129 e. The van der Waals surface area contributed by atoms with Crippen LogP contribution in [0.1, 0.15) is 18.4 Å². The number of unbranched alkanes of at least 4 members (excludes halogenated alkanes) is 1. The first-order chi connectivity index (χ1) is 8.75. The molecule has 0 atom stereocenters. The van der Waals surface area contributed by atoms with E-state index >= 15 is 0 Å². The van der Waals surface area contributed by atoms with E-state index in [9.17, 15) is 8.78 Å². The number of piperazine rings is 1. The monoisotopic (exact) mass is 254 g/mol. The lowest BCUT2D eigenvalue weighted by atomic mass is 10.1. The maximum absolute atomic E-state index is 13.4. The van der Waals surface area contributed by atoms with E-state index in [-0.39, 0.29) is 0 Å². The van der Waals surface area contributed by atoms with Crippen molar-refractivity contribution in [1.29, 1.82) is 0 Å². The quantitative estimate of drug-likeness (QED) is 0.810. The van der Waals surface area contributed by atoms with Crippen molar-refractivity contribution in [2.75, 3.05) is 32.7 Å². The zero-order chi connectivity index (χ0) is 12.8. The van der Waals surface area contributed by atoms with Crippen LogP contribution in [-0.2, 0) is 6.42 Å². The van der Waals surface area contributed by atoms with E-state index < -0.39 is 11.6 Å². The Labute approximate surface area is 107 Å². The van der Waals surface area contributed by atoms with Crippen molar-refractivity contribution in [2.24, 2.45) is 0 Å². The number of nitrogens with one attached hydrogen (secondary N) is 1. The zero-order valence-corrected chi connectivity index (χ0v) is 10.6. The van der Waals surface area contributed by atoms with Crippen molar-refractivity contribution in [3.8, 4) is 0 Å². The maximum Gasteiger partial charge on any atom is 0.129 e. The van der Waals surface area contributed by atoms with E-state index in [1.54, 1.807) is 6.07 Å². The van der Waals surface area contributed by atoms with Crippen LogP contribution in [0.3, 0.4) is 0 Å². The Morgan fingerprint density at radius 1 is 1.11 bits per heavy atom. The van der Waals surface area contributed by atoms with Gasteiger partial charge in [-0.3, -0.25) is 0 Å². The van der Waals surface area contributed by atoms with Gasteiger partial charge in [0.05, 0.1) is 0 Å². The lowest BCUT2D eigenvalue weighted by Gasteiger charge is -2.27. The van der Waals surface area contributed by atoms with Crippen molar-refractivity contribution < 1.29 is 8.78 Å². The number of nitrogens with zero attached hydrogens (tertiary/aromatic N) is 1. The van der Waals surface area contributed by atoms with Gasteiger partial charge in [-0.1, -0.05) is 6.07 Å². The number of rotatable bonds is 5. The molecule has 1 aromatic carbocycles. The summed E-state index contributed by atoms with van der Waals surface area (Å²) in [5, 5.41) is 3.32. The fourth-order valence-electron chi connectivity index (χ4n) is 2.31. The fourth-order valence-corrected chi connectivity index (χ4v) is 2.31. The molecule has 1 heterocycles. The molecule has 0 radical (unpaired) electrons. The second kappa shape index (κ2) is 6.81. The first kappa shape index (κ1) is 13.4. The summed E-state index contributed by atoms with van der Waals surface area (Å²) in [5.41, 5.74) is 0.622. The molecule has 18 heavy (non-hydrogen) atoms. The van der Waals surface area contributed by atoms with Crippen LogP contribution in [0.5, 0.6) is 0 Å². The predicted octanol–water partition coefficient (Wildman–Crippen LogP) is 2.19. The zero-order valence-electron chi connectivity index (χ0n) is 10.6. The van der Waals surface area contributed by atoms with Crippen LogP contribution in [0, 0.1) is 11.6 Å². The van der Waals surface area contributed by atoms with Gasteiger partial charge in [-0.05, 0) is 37.4 Å². The molecule has 2 nitrogen and oxygen atoms in total. The third-order valence-corrected chi connectivity index (χ3v) is 3.40. The normalized spacial score (nSPS) is 17.0. The first-order valence-electron chi connectivity index (χ1n) is 6.63. The van der Waals surface area contributed by atoms with Crippen molar-refractivity contribution >= 4 is 0 Å². The molecule has 0 bridgehead atoms. The molecule has 0 saturated carbocycles. The van der Waals surface area contributed by atoms with Crippen LogP contribution in [0.4, 0.5) is 8.78 Å². The van der Waals surface area contributed by atoms with E-state index in [0.29, 0.717) is 12.0 Å². The van der Waals surface area contributed by atoms with Crippen molar-refractivity contribution in [3.63, 3.8) is 0 Å². The lowest BCUT2D eigenvalue weighted by Crippen LogP contribution is -2.43. The van der Waals surface area contributed by atoms with Crippen LogP contribution < -0.4 is 5.32 Å². The van der Waals surface area contributed by atoms with Crippen molar-refractivity contribution in [1.82, 2.24) is 10.2 Å². The Bertz CT molecular complexity index is 376. The number of aryl methyl sites for hydroxylation is 1. The Morgan fingerprint density at radius 3 is 2.61 bits per heavy atom. The number of benzene rings is 1. The van der Waals surface area contributed by atoms with Crippen LogP contribution in [0.15, 0.2) is 18.2 Å². The molecule has 1 N–H and O–H groups in total. The van der Waals surface area contributed by atoms with Gasteiger partial charge in [-0.15, -0.1) is 0 Å². The number of hydrogen-bond acceptors (Lipinski definition) is 2. The molecule has 1 saturated heterocycles. The highest BCUT2D eigenvalue weighted by Gasteiger charge is 2.09. The molecule has 4 heteroatoms. The second-order valence-electron chi connectivity index (χ2n) is 4.78. The summed E-state index contributed by atoms with van der Waals surface area (Å²) in [5.74, 6) is -0.922. The Kier molecular flexibility index (Phi) is 5.08. The van der Waals surface area contributed by atoms with E-state index in [1.165, 1.54) is 6.07 Å². The molecule has 0 spiro atoms. The summed E-state index contributed by atoms with van der Waals surface area (Å²) in [6, 6.07) is 3.84. The molecule has 0 amide bonds. The van der Waals surface area contributed by atoms with Crippen LogP contribution in [-0.4, -0.2) is 37.6 Å². The summed E-state index contributed by atoms with van der Waals surface area (Å²) < 4.78 is 26.1. The van der Waals surface area contributed by atoms with Crippen LogP contribution >= 0.6 is 0 Å². The Hall–Kier alpha value is -1.00. The highest BCUT2D eigenvalue weighted by atomic mass is 19.1. The standard InChI is InChI=1S/C14H20F2N2/c15-13-5-4-12(14(16)11-13)3-1-2-8-18-9-6-17-7-10-18/h4-5,11,17H,1-3,6-10H2. The van der Waals surface area contributed by atoms with Gasteiger partial charge in [0, 0.05) is 32.2 Å². The largest absolute Gasteiger partial charge is 0.314 e. The minimum absolute atomic E-state index is 0.419. The topological polar surface area (TPSA) is 15.3 Å². The minimum Gasteiger partial charge on any atom is -0.314 e. The second-order valence-corrected chi connectivity index (χ2v) is 4.78. The van der Waals surface area contributed by atoms with E-state index in [4.69, 9.17) is 0 Å². The SMILES string of the molecule is Fc1ccc(CCCCN2CCNCC2)c(F)c1. The van der Waals surface area contributed by atoms with Crippen LogP contribution in [0.2, 0.25) is 0 Å². The van der Waals surface area contributed by atoms with Gasteiger partial charge in [-0.2, -0.15) is 0 Å². The molecule has 1 fully saturated rings. The summed E-state index contributed by atoms with van der Waals surface area (Å²) >= 11 is 0. The summed E-state index contributed by atoms with van der Waals surface area (Å²) in [6.45, 7) is 5.40. The van der Waals surface area contributed by atoms with E-state index in [1.807, 2.05) is 0 Å². The molecule has 1 aliphatic heterocycles. The molecule has 0 aliphatic carbocycles. The highest BCUT2D eigenvalue weighted by Crippen LogP contribution is 2.12. The van der Waals surface area contributed by atoms with Crippen LogP contribution in [0.25, 0.3) is 0 Å². The molecular formula is C14H20F2N2. The fraction of sp³-hybridized carbons (Fsp3) is 0.571. The average Bonchev–Trinajstić information content (AvgIpc) is 2.38. The third-order valence-electron chi connectivity index (χ3n) is 3.40. The molecule has 1 aromatic rings. The molecular weight excluding hydrogens is 234 g/mol. The molecule has 1 aliphatic rings. The van der Waals surface area contributed by atoms with Gasteiger partial charge in [-0.25, -0.2) is 8.78 Å². The average molecular weight is 254 g/mol. The lowest BCUT2D eigenvalue weighted by molar-refractivity contribution is 0.237. The minimum atomic E-state index is -0.503. The van der Waals surface area contributed by atoms with Crippen molar-refractivity contribution in [3.05, 3.63) is 35.4 Å². The Morgan fingerprint density at radius 2 is 1.89 bits per heavy atom. The van der Waals surface area contributed by atoms with Gasteiger partial charge >= 0.3 is 0 Å². The predicted molar refractivity (Wildman–Crippen MR) is 68.6 cm³/mol. The van der Waals surface area contributed by atoms with Gasteiger partial charge in [0.15, 0.2) is 0 Å². The summed E-state index contributed by atoms with van der Waals surface area (Å²) in [4.78, 5) is 2.43. The highest BCUT2D eigenvalue weighted by molar-refractivity contribution is 5.18. The molecule has 2 rings (SSSR count). The number of hydrogen-bond donors (Lipinski definition) is 1. The summed E-state index contributed by atoms with van der Waals surface area (Å²) in [7, 11) is 0. The molecule has 0 aromatic heterocycles. The van der Waals surface area contributed by atoms with Gasteiger partial charge in [0.1, 0.15) is 11.6 Å². The van der Waals surface area contributed by atoms with Gasteiger partial charge < -0.3 is 10.2 Å². The van der Waals surface area contributed by atoms with E-state index in [0.717, 1.165) is 51.6 Å². The van der Waals surface area contributed by atoms with E-state index in [2.05, 4.69) is 10.2 Å². The first-order valence-corrected chi connectivity index (χ1v) is 6.63. The number of halogens is 2.